The van der Waals surface area contributed by atoms with Crippen molar-refractivity contribution >= 4 is 34.4 Å². The van der Waals surface area contributed by atoms with E-state index in [9.17, 15) is 10.1 Å². The van der Waals surface area contributed by atoms with Crippen molar-refractivity contribution in [3.63, 3.8) is 0 Å². The first-order chi connectivity index (χ1) is 9.61. The van der Waals surface area contributed by atoms with Crippen LogP contribution in [-0.2, 0) is 0 Å². The van der Waals surface area contributed by atoms with Gasteiger partial charge in [0.15, 0.2) is 0 Å². The Morgan fingerprint density at radius 1 is 1.50 bits per heavy atom. The smallest absolute Gasteiger partial charge is 0.311 e. The van der Waals surface area contributed by atoms with E-state index in [1.165, 1.54) is 12.1 Å². The molecule has 0 radical (unpaired) electrons. The monoisotopic (exact) mass is 311 g/mol. The molecule has 0 fully saturated rings. The fraction of sp³-hybridized carbons (Fsp3) is 0.308. The molecule has 0 aliphatic rings. The molecule has 0 saturated carbocycles. The Hall–Kier alpha value is -1.66. The third-order valence-electron chi connectivity index (χ3n) is 2.81. The van der Waals surface area contributed by atoms with Gasteiger partial charge in [0.2, 0.25) is 5.82 Å². The summed E-state index contributed by atoms with van der Waals surface area (Å²) in [4.78, 5) is 15.8. The van der Waals surface area contributed by atoms with Crippen molar-refractivity contribution in [2.45, 2.75) is 25.8 Å². The van der Waals surface area contributed by atoms with Gasteiger partial charge >= 0.3 is 5.69 Å². The third-order valence-corrected chi connectivity index (χ3v) is 4.01. The van der Waals surface area contributed by atoms with Gasteiger partial charge in [-0.25, -0.2) is 4.98 Å². The number of nitro groups is 1. The Morgan fingerprint density at radius 2 is 2.30 bits per heavy atom. The van der Waals surface area contributed by atoms with Crippen molar-refractivity contribution in [3.8, 4) is 0 Å². The van der Waals surface area contributed by atoms with Crippen molar-refractivity contribution in [2.24, 2.45) is 0 Å². The molecule has 0 aliphatic heterocycles. The highest BCUT2D eigenvalue weighted by Crippen LogP contribution is 2.31. The normalized spacial score (nSPS) is 12.1. The van der Waals surface area contributed by atoms with E-state index >= 15 is 0 Å². The maximum Gasteiger partial charge on any atom is 0.311 e. The van der Waals surface area contributed by atoms with Gasteiger partial charge in [0.25, 0.3) is 0 Å². The van der Waals surface area contributed by atoms with Gasteiger partial charge < -0.3 is 5.32 Å². The van der Waals surface area contributed by atoms with E-state index in [1.54, 1.807) is 11.3 Å². The molecular formula is C13H14ClN3O2S. The standard InChI is InChI=1S/C13H14ClN3O2S/c1-2-4-9(11-5-3-8-20-11)15-13-10(17(18)19)6-7-12(14)16-13/h3,5-9H,2,4H2,1H3,(H,15,16). The first kappa shape index (κ1) is 14.7. The molecule has 5 nitrogen and oxygen atoms in total. The van der Waals surface area contributed by atoms with Crippen LogP contribution in [0.2, 0.25) is 5.15 Å². The number of nitrogens with zero attached hydrogens (tertiary/aromatic N) is 2. The molecule has 0 aliphatic carbocycles. The van der Waals surface area contributed by atoms with Gasteiger partial charge in [0.1, 0.15) is 5.15 Å². The van der Waals surface area contributed by atoms with Crippen molar-refractivity contribution in [3.05, 3.63) is 49.8 Å². The number of hydrogen-bond donors (Lipinski definition) is 1. The lowest BCUT2D eigenvalue weighted by atomic mass is 10.1. The van der Waals surface area contributed by atoms with Gasteiger partial charge in [-0.05, 0) is 23.9 Å². The lowest BCUT2D eigenvalue weighted by Crippen LogP contribution is -2.12. The Kier molecular flexibility index (Phi) is 4.92. The van der Waals surface area contributed by atoms with Crippen LogP contribution in [0.15, 0.2) is 29.6 Å². The molecule has 2 heterocycles. The molecule has 7 heteroatoms. The van der Waals surface area contributed by atoms with Gasteiger partial charge in [0.05, 0.1) is 11.0 Å². The van der Waals surface area contributed by atoms with Gasteiger partial charge in [0, 0.05) is 10.9 Å². The summed E-state index contributed by atoms with van der Waals surface area (Å²) in [6, 6.07) is 6.77. The van der Waals surface area contributed by atoms with Gasteiger partial charge in [-0.15, -0.1) is 11.3 Å². The lowest BCUT2D eigenvalue weighted by molar-refractivity contribution is -0.384. The molecular weight excluding hydrogens is 298 g/mol. The topological polar surface area (TPSA) is 68.1 Å². The number of nitrogens with one attached hydrogen (secondary N) is 1. The molecule has 1 N–H and O–H groups in total. The van der Waals surface area contributed by atoms with E-state index in [0.717, 1.165) is 17.7 Å². The maximum atomic E-state index is 11.0. The summed E-state index contributed by atoms with van der Waals surface area (Å²) in [5.74, 6) is 0.217. The first-order valence-electron chi connectivity index (χ1n) is 6.22. The van der Waals surface area contributed by atoms with E-state index in [2.05, 4.69) is 17.2 Å². The third kappa shape index (κ3) is 3.46. The Labute approximate surface area is 125 Å². The van der Waals surface area contributed by atoms with Crippen LogP contribution in [0, 0.1) is 10.1 Å². The van der Waals surface area contributed by atoms with Crippen LogP contribution in [0.1, 0.15) is 30.7 Å². The minimum atomic E-state index is -0.455. The summed E-state index contributed by atoms with van der Waals surface area (Å²) < 4.78 is 0. The number of hydrogen-bond acceptors (Lipinski definition) is 5. The number of thiophene rings is 1. The Morgan fingerprint density at radius 3 is 2.90 bits per heavy atom. The van der Waals surface area contributed by atoms with E-state index in [0.29, 0.717) is 0 Å². The number of anilines is 1. The van der Waals surface area contributed by atoms with Gasteiger partial charge in [-0.1, -0.05) is 31.0 Å². The minimum Gasteiger partial charge on any atom is -0.357 e. The molecule has 2 rings (SSSR count). The summed E-state index contributed by atoms with van der Waals surface area (Å²) in [7, 11) is 0. The van der Waals surface area contributed by atoms with Crippen molar-refractivity contribution in [1.82, 2.24) is 4.98 Å². The zero-order chi connectivity index (χ0) is 14.5. The van der Waals surface area contributed by atoms with E-state index in [-0.39, 0.29) is 22.7 Å². The lowest BCUT2D eigenvalue weighted by Gasteiger charge is -2.17. The highest BCUT2D eigenvalue weighted by Gasteiger charge is 2.20. The molecule has 106 valence electrons. The van der Waals surface area contributed by atoms with Crippen LogP contribution in [0.3, 0.4) is 0 Å². The minimum absolute atomic E-state index is 0.00432. The SMILES string of the molecule is CCCC(Nc1nc(Cl)ccc1[N+](=O)[O-])c1cccs1. The second-order valence-electron chi connectivity index (χ2n) is 4.26. The summed E-state index contributed by atoms with van der Waals surface area (Å²) >= 11 is 7.45. The van der Waals surface area contributed by atoms with Gasteiger partial charge in [-0.2, -0.15) is 0 Å². The van der Waals surface area contributed by atoms with E-state index in [1.807, 2.05) is 17.5 Å². The zero-order valence-corrected chi connectivity index (χ0v) is 12.4. The van der Waals surface area contributed by atoms with Crippen molar-refractivity contribution in [2.75, 3.05) is 5.32 Å². The molecule has 2 aromatic rings. The molecule has 2 aromatic heterocycles. The summed E-state index contributed by atoms with van der Waals surface area (Å²) in [5, 5.41) is 16.4. The number of halogens is 1. The molecule has 0 amide bonds. The quantitative estimate of drug-likeness (QED) is 0.478. The molecule has 20 heavy (non-hydrogen) atoms. The molecule has 0 aromatic carbocycles. The summed E-state index contributed by atoms with van der Waals surface area (Å²) in [6.07, 6.45) is 1.83. The van der Waals surface area contributed by atoms with Crippen LogP contribution in [0.5, 0.6) is 0 Å². The predicted octanol–water partition coefficient (Wildman–Crippen LogP) is 4.66. The number of rotatable bonds is 6. The van der Waals surface area contributed by atoms with Crippen LogP contribution in [-0.4, -0.2) is 9.91 Å². The Bertz CT molecular complexity index is 589. The molecule has 1 atom stereocenters. The molecule has 0 spiro atoms. The van der Waals surface area contributed by atoms with Gasteiger partial charge in [-0.3, -0.25) is 10.1 Å². The van der Waals surface area contributed by atoms with E-state index in [4.69, 9.17) is 11.6 Å². The molecule has 0 saturated heterocycles. The average Bonchev–Trinajstić information content (AvgIpc) is 2.91. The second-order valence-corrected chi connectivity index (χ2v) is 5.63. The highest BCUT2D eigenvalue weighted by molar-refractivity contribution is 7.10. The second kappa shape index (κ2) is 6.67. The van der Waals surface area contributed by atoms with Crippen LogP contribution >= 0.6 is 22.9 Å². The fourth-order valence-electron chi connectivity index (χ4n) is 1.91. The maximum absolute atomic E-state index is 11.0. The molecule has 0 bridgehead atoms. The van der Waals surface area contributed by atoms with Crippen molar-refractivity contribution in [1.29, 1.82) is 0 Å². The summed E-state index contributed by atoms with van der Waals surface area (Å²) in [6.45, 7) is 2.07. The zero-order valence-electron chi connectivity index (χ0n) is 10.9. The largest absolute Gasteiger partial charge is 0.357 e. The van der Waals surface area contributed by atoms with Crippen molar-refractivity contribution < 1.29 is 4.92 Å². The first-order valence-corrected chi connectivity index (χ1v) is 7.48. The number of aromatic nitrogens is 1. The summed E-state index contributed by atoms with van der Waals surface area (Å²) in [5.41, 5.74) is -0.0629. The average molecular weight is 312 g/mol. The molecule has 1 unspecified atom stereocenters. The fourth-order valence-corrected chi connectivity index (χ4v) is 2.87. The predicted molar refractivity (Wildman–Crippen MR) is 81.5 cm³/mol. The highest BCUT2D eigenvalue weighted by atomic mass is 35.5. The van der Waals surface area contributed by atoms with Crippen LogP contribution < -0.4 is 5.32 Å². The van der Waals surface area contributed by atoms with E-state index < -0.39 is 4.92 Å². The number of pyridine rings is 1. The van der Waals surface area contributed by atoms with Crippen LogP contribution in [0.25, 0.3) is 0 Å². The van der Waals surface area contributed by atoms with Crippen LogP contribution in [0.4, 0.5) is 11.5 Å². The Balaban J connectivity index is 2.30.